The molecule has 138 valence electrons. The van der Waals surface area contributed by atoms with Gasteiger partial charge in [0, 0.05) is 19.3 Å². The average Bonchev–Trinajstić information content (AvgIpc) is 2.73. The maximum atomic E-state index is 12.2. The summed E-state index contributed by atoms with van der Waals surface area (Å²) in [6.07, 6.45) is 1.15. The molecule has 0 radical (unpaired) electrons. The van der Waals surface area contributed by atoms with Crippen molar-refractivity contribution in [2.24, 2.45) is 0 Å². The van der Waals surface area contributed by atoms with E-state index in [0.29, 0.717) is 18.8 Å². The van der Waals surface area contributed by atoms with Crippen LogP contribution in [0, 0.1) is 0 Å². The van der Waals surface area contributed by atoms with Crippen molar-refractivity contribution in [1.29, 1.82) is 0 Å². The lowest BCUT2D eigenvalue weighted by molar-refractivity contribution is -0.127. The van der Waals surface area contributed by atoms with E-state index < -0.39 is 6.10 Å². The molecule has 5 heteroatoms. The molecule has 3 rings (SSSR count). The fourth-order valence-corrected chi connectivity index (χ4v) is 2.60. The third-order valence-electron chi connectivity index (χ3n) is 4.04. The topological polar surface area (TPSA) is 63.2 Å². The first kappa shape index (κ1) is 18.5. The molecule has 0 saturated heterocycles. The van der Waals surface area contributed by atoms with Crippen LogP contribution in [0.3, 0.4) is 0 Å². The number of carbonyl (C=O) groups excluding carboxylic acids is 1. The highest BCUT2D eigenvalue weighted by molar-refractivity contribution is 5.80. The largest absolute Gasteiger partial charge is 0.481 e. The van der Waals surface area contributed by atoms with Crippen LogP contribution >= 0.6 is 0 Å². The maximum Gasteiger partial charge on any atom is 0.260 e. The molecule has 1 unspecified atom stereocenters. The highest BCUT2D eigenvalue weighted by atomic mass is 16.5. The van der Waals surface area contributed by atoms with Gasteiger partial charge in [0.05, 0.1) is 0 Å². The van der Waals surface area contributed by atoms with Gasteiger partial charge in [0.25, 0.3) is 5.91 Å². The number of hydrogen-bond acceptors (Lipinski definition) is 4. The predicted octanol–water partition coefficient (Wildman–Crippen LogP) is 3.74. The molecule has 0 aliphatic heterocycles. The zero-order valence-electron chi connectivity index (χ0n) is 15.3. The van der Waals surface area contributed by atoms with Gasteiger partial charge in [0.2, 0.25) is 0 Å². The van der Waals surface area contributed by atoms with E-state index in [4.69, 9.17) is 4.74 Å². The van der Waals surface area contributed by atoms with E-state index >= 15 is 0 Å². The average molecular weight is 361 g/mol. The fraction of sp³-hybridized carbons (Fsp3) is 0.182. The quantitative estimate of drug-likeness (QED) is 0.600. The van der Waals surface area contributed by atoms with E-state index in [1.807, 2.05) is 60.7 Å². The normalized spacial score (nSPS) is 11.4. The molecule has 1 amide bonds. The van der Waals surface area contributed by atoms with E-state index in [9.17, 15) is 4.79 Å². The molecule has 0 saturated carbocycles. The lowest BCUT2D eigenvalue weighted by Crippen LogP contribution is -2.38. The van der Waals surface area contributed by atoms with Crippen LogP contribution in [0.5, 0.6) is 5.75 Å². The van der Waals surface area contributed by atoms with E-state index in [1.165, 1.54) is 0 Å². The molecule has 2 N–H and O–H groups in total. The summed E-state index contributed by atoms with van der Waals surface area (Å²) in [5.74, 6) is 1.31. The molecule has 5 nitrogen and oxygen atoms in total. The summed E-state index contributed by atoms with van der Waals surface area (Å²) in [6.45, 7) is 2.84. The first-order valence-electron chi connectivity index (χ1n) is 8.97. The fourth-order valence-electron chi connectivity index (χ4n) is 2.60. The minimum absolute atomic E-state index is 0.148. The number of rotatable bonds is 8. The first-order chi connectivity index (χ1) is 13.2. The second-order valence-electron chi connectivity index (χ2n) is 6.08. The summed E-state index contributed by atoms with van der Waals surface area (Å²) >= 11 is 0. The highest BCUT2D eigenvalue weighted by Crippen LogP contribution is 2.22. The standard InChI is InChI=1S/C22H23N3O2/c1-17(22(26)25-16-15-24-21-9-5-6-14-23-21)27-20-12-10-19(11-13-20)18-7-3-2-4-8-18/h2-14,17H,15-16H2,1H3,(H,23,24)(H,25,26). The van der Waals surface area contributed by atoms with Crippen molar-refractivity contribution >= 4 is 11.7 Å². The van der Waals surface area contributed by atoms with Gasteiger partial charge >= 0.3 is 0 Å². The number of ether oxygens (including phenoxy) is 1. The number of nitrogens with one attached hydrogen (secondary N) is 2. The number of hydrogen-bond donors (Lipinski definition) is 2. The Labute approximate surface area is 159 Å². The molecule has 3 aromatic rings. The SMILES string of the molecule is CC(Oc1ccc(-c2ccccc2)cc1)C(=O)NCCNc1ccccn1. The van der Waals surface area contributed by atoms with Gasteiger partial charge in [-0.05, 0) is 42.3 Å². The van der Waals surface area contributed by atoms with Crippen LogP contribution in [-0.2, 0) is 4.79 Å². The summed E-state index contributed by atoms with van der Waals surface area (Å²) in [5.41, 5.74) is 2.26. The van der Waals surface area contributed by atoms with E-state index in [0.717, 1.165) is 16.9 Å². The molecule has 1 aromatic heterocycles. The predicted molar refractivity (Wildman–Crippen MR) is 108 cm³/mol. The monoisotopic (exact) mass is 361 g/mol. The first-order valence-corrected chi connectivity index (χ1v) is 8.97. The van der Waals surface area contributed by atoms with Gasteiger partial charge in [-0.15, -0.1) is 0 Å². The summed E-state index contributed by atoms with van der Waals surface area (Å²) < 4.78 is 5.74. The third-order valence-corrected chi connectivity index (χ3v) is 4.04. The Balaban J connectivity index is 1.44. The minimum Gasteiger partial charge on any atom is -0.481 e. The summed E-state index contributed by atoms with van der Waals surface area (Å²) in [6, 6.07) is 23.5. The van der Waals surface area contributed by atoms with Gasteiger partial charge in [-0.1, -0.05) is 48.5 Å². The Morgan fingerprint density at radius 1 is 0.926 bits per heavy atom. The van der Waals surface area contributed by atoms with Gasteiger partial charge in [-0.3, -0.25) is 4.79 Å². The van der Waals surface area contributed by atoms with Crippen LogP contribution in [0.15, 0.2) is 79.0 Å². The van der Waals surface area contributed by atoms with Crippen LogP contribution in [0.2, 0.25) is 0 Å². The summed E-state index contributed by atoms with van der Waals surface area (Å²) in [4.78, 5) is 16.3. The Morgan fingerprint density at radius 2 is 1.63 bits per heavy atom. The van der Waals surface area contributed by atoms with Crippen molar-refractivity contribution in [3.05, 3.63) is 79.0 Å². The number of carbonyl (C=O) groups is 1. The molecule has 0 aliphatic carbocycles. The number of anilines is 1. The van der Waals surface area contributed by atoms with E-state index in [1.54, 1.807) is 13.1 Å². The molecule has 2 aromatic carbocycles. The van der Waals surface area contributed by atoms with Gasteiger partial charge in [-0.2, -0.15) is 0 Å². The second-order valence-corrected chi connectivity index (χ2v) is 6.08. The van der Waals surface area contributed by atoms with Gasteiger partial charge in [0.1, 0.15) is 11.6 Å². The van der Waals surface area contributed by atoms with Gasteiger partial charge in [0.15, 0.2) is 6.10 Å². The van der Waals surface area contributed by atoms with Crippen molar-refractivity contribution in [3.8, 4) is 16.9 Å². The van der Waals surface area contributed by atoms with Crippen molar-refractivity contribution in [2.75, 3.05) is 18.4 Å². The maximum absolute atomic E-state index is 12.2. The molecule has 1 heterocycles. The zero-order chi connectivity index (χ0) is 18.9. The van der Waals surface area contributed by atoms with Crippen molar-refractivity contribution < 1.29 is 9.53 Å². The Kier molecular flexibility index (Phi) is 6.41. The number of nitrogens with zero attached hydrogens (tertiary/aromatic N) is 1. The zero-order valence-corrected chi connectivity index (χ0v) is 15.3. The molecular weight excluding hydrogens is 338 g/mol. The van der Waals surface area contributed by atoms with E-state index in [-0.39, 0.29) is 5.91 Å². The van der Waals surface area contributed by atoms with Crippen LogP contribution in [0.4, 0.5) is 5.82 Å². The van der Waals surface area contributed by atoms with Crippen molar-refractivity contribution in [2.45, 2.75) is 13.0 Å². The molecule has 1 atom stereocenters. The van der Waals surface area contributed by atoms with Gasteiger partial charge in [-0.25, -0.2) is 4.98 Å². The van der Waals surface area contributed by atoms with Crippen LogP contribution in [0.25, 0.3) is 11.1 Å². The molecular formula is C22H23N3O2. The number of amides is 1. The number of benzene rings is 2. The molecule has 0 bridgehead atoms. The Hall–Kier alpha value is -3.34. The van der Waals surface area contributed by atoms with E-state index in [2.05, 4.69) is 27.8 Å². The Bertz CT molecular complexity index is 836. The summed E-state index contributed by atoms with van der Waals surface area (Å²) in [7, 11) is 0. The third kappa shape index (κ3) is 5.57. The van der Waals surface area contributed by atoms with Crippen molar-refractivity contribution in [3.63, 3.8) is 0 Å². The number of aromatic nitrogens is 1. The molecule has 0 fully saturated rings. The Morgan fingerprint density at radius 3 is 2.33 bits per heavy atom. The van der Waals surface area contributed by atoms with Crippen molar-refractivity contribution in [1.82, 2.24) is 10.3 Å². The van der Waals surface area contributed by atoms with Crippen LogP contribution in [-0.4, -0.2) is 30.1 Å². The van der Waals surface area contributed by atoms with Crippen LogP contribution in [0.1, 0.15) is 6.92 Å². The van der Waals surface area contributed by atoms with Crippen LogP contribution < -0.4 is 15.4 Å². The smallest absolute Gasteiger partial charge is 0.260 e. The lowest BCUT2D eigenvalue weighted by atomic mass is 10.1. The highest BCUT2D eigenvalue weighted by Gasteiger charge is 2.14. The molecule has 27 heavy (non-hydrogen) atoms. The molecule has 0 spiro atoms. The number of pyridine rings is 1. The molecule has 0 aliphatic rings. The summed E-state index contributed by atoms with van der Waals surface area (Å²) in [5, 5.41) is 6.00. The van der Waals surface area contributed by atoms with Gasteiger partial charge < -0.3 is 15.4 Å². The second kappa shape index (κ2) is 9.38. The minimum atomic E-state index is -0.567. The lowest BCUT2D eigenvalue weighted by Gasteiger charge is -2.15.